The zero-order valence-corrected chi connectivity index (χ0v) is 14.4. The predicted octanol–water partition coefficient (Wildman–Crippen LogP) is 4.42. The van der Waals surface area contributed by atoms with Crippen LogP contribution in [0.5, 0.6) is 11.5 Å². The lowest BCUT2D eigenvalue weighted by molar-refractivity contribution is -0.130. The number of carbonyl (C=O) groups is 1. The van der Waals surface area contributed by atoms with Gasteiger partial charge >= 0.3 is 5.97 Å². The van der Waals surface area contributed by atoms with E-state index in [2.05, 4.69) is 0 Å². The Labute approximate surface area is 142 Å². The number of methoxy groups -OCH3 is 1. The van der Waals surface area contributed by atoms with Gasteiger partial charge < -0.3 is 14.6 Å². The Kier molecular flexibility index (Phi) is 5.64. The van der Waals surface area contributed by atoms with E-state index >= 15 is 0 Å². The van der Waals surface area contributed by atoms with E-state index in [4.69, 9.17) is 9.47 Å². The minimum absolute atomic E-state index is 0.0624. The maximum Gasteiger partial charge on any atom is 0.336 e. The standard InChI is InChI=1S/C20H22O4/c1-13(2)24-17-7-5-6-15(11-17)12-18(20(21)22)16-8-9-19(23-4)14(3)10-16/h5-13H,1-4H3,(H,21,22)/b18-12-. The summed E-state index contributed by atoms with van der Waals surface area (Å²) in [6.07, 6.45) is 1.71. The van der Waals surface area contributed by atoms with E-state index in [0.717, 1.165) is 22.6 Å². The van der Waals surface area contributed by atoms with Gasteiger partial charge in [-0.25, -0.2) is 4.79 Å². The minimum Gasteiger partial charge on any atom is -0.496 e. The average molecular weight is 326 g/mol. The van der Waals surface area contributed by atoms with Gasteiger partial charge in [0.15, 0.2) is 0 Å². The summed E-state index contributed by atoms with van der Waals surface area (Å²) < 4.78 is 10.9. The highest BCUT2D eigenvalue weighted by Crippen LogP contribution is 2.26. The van der Waals surface area contributed by atoms with Crippen molar-refractivity contribution < 1.29 is 19.4 Å². The predicted molar refractivity (Wildman–Crippen MR) is 95.4 cm³/mol. The van der Waals surface area contributed by atoms with Crippen LogP contribution in [0.2, 0.25) is 0 Å². The molecule has 0 spiro atoms. The SMILES string of the molecule is COc1ccc(/C(=C/c2cccc(OC(C)C)c2)C(=O)O)cc1C. The van der Waals surface area contributed by atoms with Gasteiger partial charge in [0.2, 0.25) is 0 Å². The van der Waals surface area contributed by atoms with Gasteiger partial charge in [-0.1, -0.05) is 18.2 Å². The van der Waals surface area contributed by atoms with Crippen LogP contribution in [-0.4, -0.2) is 24.3 Å². The van der Waals surface area contributed by atoms with Crippen molar-refractivity contribution in [2.24, 2.45) is 0 Å². The summed E-state index contributed by atoms with van der Waals surface area (Å²) in [6, 6.07) is 12.7. The summed E-state index contributed by atoms with van der Waals surface area (Å²) in [5, 5.41) is 9.59. The van der Waals surface area contributed by atoms with Crippen LogP contribution >= 0.6 is 0 Å². The van der Waals surface area contributed by atoms with E-state index in [9.17, 15) is 9.90 Å². The van der Waals surface area contributed by atoms with Crippen LogP contribution in [-0.2, 0) is 4.79 Å². The smallest absolute Gasteiger partial charge is 0.336 e. The molecule has 0 heterocycles. The first-order valence-corrected chi connectivity index (χ1v) is 7.77. The van der Waals surface area contributed by atoms with Crippen LogP contribution in [0.15, 0.2) is 42.5 Å². The van der Waals surface area contributed by atoms with Gasteiger partial charge in [0.1, 0.15) is 11.5 Å². The molecule has 0 unspecified atom stereocenters. The number of benzene rings is 2. The van der Waals surface area contributed by atoms with Crippen molar-refractivity contribution in [3.63, 3.8) is 0 Å². The van der Waals surface area contributed by atoms with E-state index in [-0.39, 0.29) is 11.7 Å². The van der Waals surface area contributed by atoms with Gasteiger partial charge in [0.25, 0.3) is 0 Å². The topological polar surface area (TPSA) is 55.8 Å². The number of rotatable bonds is 6. The second kappa shape index (κ2) is 7.68. The molecule has 2 aromatic carbocycles. The summed E-state index contributed by atoms with van der Waals surface area (Å²) in [4.78, 5) is 11.7. The zero-order chi connectivity index (χ0) is 17.7. The van der Waals surface area contributed by atoms with Crippen LogP contribution in [0, 0.1) is 6.92 Å². The lowest BCUT2D eigenvalue weighted by Crippen LogP contribution is -2.05. The first kappa shape index (κ1) is 17.6. The highest BCUT2D eigenvalue weighted by Gasteiger charge is 2.12. The summed E-state index contributed by atoms with van der Waals surface area (Å²) in [5.74, 6) is 0.472. The summed E-state index contributed by atoms with van der Waals surface area (Å²) in [6.45, 7) is 5.79. The lowest BCUT2D eigenvalue weighted by Gasteiger charge is -2.11. The monoisotopic (exact) mass is 326 g/mol. The van der Waals surface area contributed by atoms with Gasteiger partial charge in [0, 0.05) is 0 Å². The molecule has 0 bridgehead atoms. The molecule has 0 aliphatic rings. The molecule has 2 rings (SSSR count). The molecule has 0 saturated carbocycles. The molecule has 0 amide bonds. The fourth-order valence-corrected chi connectivity index (χ4v) is 2.43. The number of carboxylic acid groups (broad SMARTS) is 1. The van der Waals surface area contributed by atoms with Crippen molar-refractivity contribution in [1.29, 1.82) is 0 Å². The summed E-state index contributed by atoms with van der Waals surface area (Å²) in [5.41, 5.74) is 2.52. The number of aryl methyl sites for hydroxylation is 1. The first-order valence-electron chi connectivity index (χ1n) is 7.77. The minimum atomic E-state index is -0.977. The highest BCUT2D eigenvalue weighted by atomic mass is 16.5. The van der Waals surface area contributed by atoms with E-state index in [0.29, 0.717) is 5.56 Å². The number of hydrogen-bond acceptors (Lipinski definition) is 3. The Morgan fingerprint density at radius 3 is 2.50 bits per heavy atom. The largest absolute Gasteiger partial charge is 0.496 e. The number of hydrogen-bond donors (Lipinski definition) is 1. The molecule has 4 heteroatoms. The Balaban J connectivity index is 2.42. The van der Waals surface area contributed by atoms with Crippen molar-refractivity contribution in [2.45, 2.75) is 26.9 Å². The fourth-order valence-electron chi connectivity index (χ4n) is 2.43. The Morgan fingerprint density at radius 2 is 1.92 bits per heavy atom. The number of ether oxygens (including phenoxy) is 2. The van der Waals surface area contributed by atoms with Crippen LogP contribution < -0.4 is 9.47 Å². The van der Waals surface area contributed by atoms with Crippen molar-refractivity contribution >= 4 is 17.6 Å². The van der Waals surface area contributed by atoms with Gasteiger partial charge in [-0.3, -0.25) is 0 Å². The van der Waals surface area contributed by atoms with Crippen molar-refractivity contribution in [2.75, 3.05) is 7.11 Å². The fraction of sp³-hybridized carbons (Fsp3) is 0.250. The molecular formula is C20H22O4. The van der Waals surface area contributed by atoms with E-state index in [1.165, 1.54) is 0 Å². The van der Waals surface area contributed by atoms with Gasteiger partial charge in [-0.2, -0.15) is 0 Å². The third-order valence-corrected chi connectivity index (χ3v) is 3.48. The lowest BCUT2D eigenvalue weighted by atomic mass is 10.0. The first-order chi connectivity index (χ1) is 11.4. The summed E-state index contributed by atoms with van der Waals surface area (Å²) in [7, 11) is 1.59. The van der Waals surface area contributed by atoms with Crippen molar-refractivity contribution in [1.82, 2.24) is 0 Å². The molecule has 2 aromatic rings. The second-order valence-electron chi connectivity index (χ2n) is 5.79. The van der Waals surface area contributed by atoms with E-state index < -0.39 is 5.97 Å². The van der Waals surface area contributed by atoms with E-state index in [1.807, 2.05) is 51.1 Å². The number of aliphatic carboxylic acids is 1. The molecule has 0 aromatic heterocycles. The normalized spacial score (nSPS) is 11.5. The maximum atomic E-state index is 11.7. The van der Waals surface area contributed by atoms with Crippen LogP contribution in [0.3, 0.4) is 0 Å². The highest BCUT2D eigenvalue weighted by molar-refractivity contribution is 6.20. The third kappa shape index (κ3) is 4.38. The molecule has 24 heavy (non-hydrogen) atoms. The Bertz CT molecular complexity index is 760. The average Bonchev–Trinajstić information content (AvgIpc) is 2.52. The molecule has 0 atom stereocenters. The molecule has 1 N–H and O–H groups in total. The number of carboxylic acids is 1. The molecule has 0 radical (unpaired) electrons. The van der Waals surface area contributed by atoms with Crippen LogP contribution in [0.4, 0.5) is 0 Å². The molecular weight excluding hydrogens is 304 g/mol. The summed E-state index contributed by atoms with van der Waals surface area (Å²) >= 11 is 0. The molecule has 0 aliphatic heterocycles. The van der Waals surface area contributed by atoms with Crippen LogP contribution in [0.1, 0.15) is 30.5 Å². The Hall–Kier alpha value is -2.75. The van der Waals surface area contributed by atoms with Crippen molar-refractivity contribution in [3.8, 4) is 11.5 Å². The Morgan fingerprint density at radius 1 is 1.17 bits per heavy atom. The second-order valence-corrected chi connectivity index (χ2v) is 5.79. The van der Waals surface area contributed by atoms with Gasteiger partial charge in [-0.05, 0) is 67.8 Å². The van der Waals surface area contributed by atoms with Gasteiger partial charge in [-0.15, -0.1) is 0 Å². The van der Waals surface area contributed by atoms with Gasteiger partial charge in [0.05, 0.1) is 18.8 Å². The van der Waals surface area contributed by atoms with E-state index in [1.54, 1.807) is 25.3 Å². The quantitative estimate of drug-likeness (QED) is 0.631. The third-order valence-electron chi connectivity index (χ3n) is 3.48. The zero-order valence-electron chi connectivity index (χ0n) is 14.4. The van der Waals surface area contributed by atoms with Crippen LogP contribution in [0.25, 0.3) is 11.6 Å². The van der Waals surface area contributed by atoms with Crippen molar-refractivity contribution in [3.05, 3.63) is 59.2 Å². The molecule has 0 saturated heterocycles. The molecule has 0 fully saturated rings. The molecule has 126 valence electrons. The molecule has 4 nitrogen and oxygen atoms in total. The maximum absolute atomic E-state index is 11.7. The molecule has 0 aliphatic carbocycles.